The predicted octanol–water partition coefficient (Wildman–Crippen LogP) is 5.03. The molecule has 0 fully saturated rings. The SMILES string of the molecule is COc1cc(OC)c(C(O)=C(C=N[C@H](CO)C(C)C)C(C)=O)cc1Cc1cccc(Cl)c1F. The maximum Gasteiger partial charge on any atom is 0.165 e. The van der Waals surface area contributed by atoms with Crippen molar-refractivity contribution < 1.29 is 28.9 Å². The largest absolute Gasteiger partial charge is 0.506 e. The summed E-state index contributed by atoms with van der Waals surface area (Å²) in [7, 11) is 2.89. The first-order chi connectivity index (χ1) is 15.6. The molecule has 6 nitrogen and oxygen atoms in total. The van der Waals surface area contributed by atoms with E-state index in [4.69, 9.17) is 21.1 Å². The highest BCUT2D eigenvalue weighted by Crippen LogP contribution is 2.35. The second-order valence-corrected chi connectivity index (χ2v) is 8.25. The third kappa shape index (κ3) is 6.33. The molecule has 178 valence electrons. The van der Waals surface area contributed by atoms with Crippen molar-refractivity contribution >= 4 is 29.4 Å². The Kier molecular flexibility index (Phi) is 9.44. The van der Waals surface area contributed by atoms with E-state index in [1.165, 1.54) is 33.4 Å². The number of aliphatic imine (C=N–C) groups is 1. The van der Waals surface area contributed by atoms with Gasteiger partial charge in [-0.3, -0.25) is 9.79 Å². The van der Waals surface area contributed by atoms with E-state index in [2.05, 4.69) is 4.99 Å². The number of carbonyl (C=O) groups is 1. The Morgan fingerprint density at radius 3 is 2.39 bits per heavy atom. The molecule has 1 atom stereocenters. The van der Waals surface area contributed by atoms with Crippen LogP contribution in [0.3, 0.4) is 0 Å². The summed E-state index contributed by atoms with van der Waals surface area (Å²) >= 11 is 5.91. The Labute approximate surface area is 198 Å². The lowest BCUT2D eigenvalue weighted by Gasteiger charge is -2.17. The van der Waals surface area contributed by atoms with Crippen LogP contribution in [0.15, 0.2) is 40.9 Å². The van der Waals surface area contributed by atoms with Crippen LogP contribution in [-0.2, 0) is 11.2 Å². The predicted molar refractivity (Wildman–Crippen MR) is 128 cm³/mol. The summed E-state index contributed by atoms with van der Waals surface area (Å²) in [5, 5.41) is 20.5. The van der Waals surface area contributed by atoms with E-state index in [-0.39, 0.29) is 46.6 Å². The minimum atomic E-state index is -0.543. The Balaban J connectivity index is 2.65. The van der Waals surface area contributed by atoms with Crippen LogP contribution < -0.4 is 9.47 Å². The number of methoxy groups -OCH3 is 2. The van der Waals surface area contributed by atoms with E-state index in [9.17, 15) is 19.4 Å². The van der Waals surface area contributed by atoms with E-state index in [1.807, 2.05) is 13.8 Å². The summed E-state index contributed by atoms with van der Waals surface area (Å²) in [6, 6.07) is 7.42. The number of ether oxygens (including phenoxy) is 2. The van der Waals surface area contributed by atoms with E-state index in [0.717, 1.165) is 0 Å². The number of carbonyl (C=O) groups excluding carboxylic acids is 1. The van der Waals surface area contributed by atoms with Crippen LogP contribution in [0.4, 0.5) is 4.39 Å². The highest BCUT2D eigenvalue weighted by atomic mass is 35.5. The molecule has 2 rings (SSSR count). The first-order valence-corrected chi connectivity index (χ1v) is 10.8. The smallest absolute Gasteiger partial charge is 0.165 e. The van der Waals surface area contributed by atoms with Gasteiger partial charge in [0.2, 0.25) is 0 Å². The molecular weight excluding hydrogens is 449 g/mol. The third-order valence-electron chi connectivity index (χ3n) is 5.26. The first-order valence-electron chi connectivity index (χ1n) is 10.4. The van der Waals surface area contributed by atoms with E-state index in [1.54, 1.807) is 24.3 Å². The van der Waals surface area contributed by atoms with Crippen molar-refractivity contribution in [2.75, 3.05) is 20.8 Å². The van der Waals surface area contributed by atoms with Crippen molar-refractivity contribution in [1.29, 1.82) is 0 Å². The van der Waals surface area contributed by atoms with Gasteiger partial charge in [0.05, 0.1) is 43.0 Å². The van der Waals surface area contributed by atoms with Crippen molar-refractivity contribution in [2.24, 2.45) is 10.9 Å². The number of benzene rings is 2. The van der Waals surface area contributed by atoms with Crippen LogP contribution >= 0.6 is 11.6 Å². The molecule has 8 heteroatoms. The maximum atomic E-state index is 14.5. The molecule has 0 unspecified atom stereocenters. The molecule has 2 aromatic rings. The van der Waals surface area contributed by atoms with E-state index < -0.39 is 17.6 Å². The fourth-order valence-electron chi connectivity index (χ4n) is 3.24. The lowest BCUT2D eigenvalue weighted by molar-refractivity contribution is -0.113. The van der Waals surface area contributed by atoms with Crippen LogP contribution in [0.1, 0.15) is 37.5 Å². The van der Waals surface area contributed by atoms with Gasteiger partial charge in [-0.25, -0.2) is 4.39 Å². The number of hydrogen-bond donors (Lipinski definition) is 2. The molecule has 0 spiro atoms. The number of Topliss-reactive ketones (excluding diaryl/α,β-unsaturated/α-hetero) is 1. The van der Waals surface area contributed by atoms with Crippen molar-refractivity contribution in [1.82, 2.24) is 0 Å². The average molecular weight is 478 g/mol. The topological polar surface area (TPSA) is 88.3 Å². The summed E-state index contributed by atoms with van der Waals surface area (Å²) in [4.78, 5) is 16.6. The summed E-state index contributed by atoms with van der Waals surface area (Å²) in [6.07, 6.45) is 1.39. The van der Waals surface area contributed by atoms with Gasteiger partial charge in [0.15, 0.2) is 5.78 Å². The quantitative estimate of drug-likeness (QED) is 0.284. The van der Waals surface area contributed by atoms with Gasteiger partial charge >= 0.3 is 0 Å². The molecular formula is C25H29ClFNO5. The van der Waals surface area contributed by atoms with Crippen LogP contribution in [0.25, 0.3) is 5.76 Å². The van der Waals surface area contributed by atoms with Gasteiger partial charge in [0.25, 0.3) is 0 Å². The van der Waals surface area contributed by atoms with E-state index >= 15 is 0 Å². The summed E-state index contributed by atoms with van der Waals surface area (Å²) < 4.78 is 25.3. The van der Waals surface area contributed by atoms with Crippen molar-refractivity contribution in [3.05, 3.63) is 63.4 Å². The minimum Gasteiger partial charge on any atom is -0.506 e. The summed E-state index contributed by atoms with van der Waals surface area (Å²) in [5.74, 6) is -0.596. The Bertz CT molecular complexity index is 1070. The first kappa shape index (κ1) is 26.4. The molecule has 0 saturated heterocycles. The minimum absolute atomic E-state index is 0.00149. The molecule has 33 heavy (non-hydrogen) atoms. The normalized spacial score (nSPS) is 13.2. The zero-order chi connectivity index (χ0) is 24.7. The van der Waals surface area contributed by atoms with Crippen LogP contribution in [0, 0.1) is 11.7 Å². The number of allylic oxidation sites excluding steroid dienone is 1. The Morgan fingerprint density at radius 1 is 1.18 bits per heavy atom. The molecule has 0 aliphatic rings. The van der Waals surface area contributed by atoms with Gasteiger partial charge in [-0.05, 0) is 36.1 Å². The van der Waals surface area contributed by atoms with E-state index in [0.29, 0.717) is 16.9 Å². The second kappa shape index (κ2) is 11.8. The van der Waals surface area contributed by atoms with Crippen molar-refractivity contribution in [2.45, 2.75) is 33.2 Å². The third-order valence-corrected chi connectivity index (χ3v) is 5.55. The number of nitrogens with zero attached hydrogens (tertiary/aromatic N) is 1. The number of halogens is 2. The molecule has 0 aliphatic heterocycles. The fourth-order valence-corrected chi connectivity index (χ4v) is 3.44. The molecule has 2 N–H and O–H groups in total. The molecule has 0 radical (unpaired) electrons. The zero-order valence-electron chi connectivity index (χ0n) is 19.4. The zero-order valence-corrected chi connectivity index (χ0v) is 20.1. The Morgan fingerprint density at radius 2 is 1.85 bits per heavy atom. The highest BCUT2D eigenvalue weighted by molar-refractivity contribution is 6.30. The number of ketones is 1. The maximum absolute atomic E-state index is 14.5. The lowest BCUT2D eigenvalue weighted by atomic mass is 9.97. The summed E-state index contributed by atoms with van der Waals surface area (Å²) in [6.45, 7) is 4.90. The number of hydrogen-bond acceptors (Lipinski definition) is 6. The van der Waals surface area contributed by atoms with Gasteiger partial charge < -0.3 is 19.7 Å². The Hall–Kier alpha value is -2.90. The highest BCUT2D eigenvalue weighted by Gasteiger charge is 2.20. The summed E-state index contributed by atoms with van der Waals surface area (Å²) in [5.41, 5.74) is 1.07. The average Bonchev–Trinajstić information content (AvgIpc) is 2.78. The van der Waals surface area contributed by atoms with Crippen molar-refractivity contribution in [3.8, 4) is 11.5 Å². The van der Waals surface area contributed by atoms with Crippen molar-refractivity contribution in [3.63, 3.8) is 0 Å². The van der Waals surface area contributed by atoms with Gasteiger partial charge in [-0.15, -0.1) is 0 Å². The van der Waals surface area contributed by atoms with Gasteiger partial charge in [-0.2, -0.15) is 0 Å². The molecule has 0 aliphatic carbocycles. The molecule has 0 aromatic heterocycles. The van der Waals surface area contributed by atoms with Gasteiger partial charge in [0.1, 0.15) is 23.1 Å². The van der Waals surface area contributed by atoms with Gasteiger partial charge in [0, 0.05) is 18.7 Å². The second-order valence-electron chi connectivity index (χ2n) is 7.84. The molecule has 0 saturated carbocycles. The molecule has 2 aromatic carbocycles. The molecule has 0 amide bonds. The molecule has 0 bridgehead atoms. The lowest BCUT2D eigenvalue weighted by Crippen LogP contribution is -2.18. The number of aliphatic hydroxyl groups is 2. The standard InChI is InChI=1S/C25H29ClFNO5/c1-14(2)21(13-29)28-12-19(15(3)30)25(31)18-10-17(22(32-4)11-23(18)33-5)9-16-7-6-8-20(26)24(16)27/h6-8,10-12,14,21,29,31H,9,13H2,1-5H3/t21-/m1/s1. The molecule has 0 heterocycles. The van der Waals surface area contributed by atoms with Crippen LogP contribution in [-0.4, -0.2) is 49.1 Å². The fraction of sp³-hybridized carbons (Fsp3) is 0.360. The number of rotatable bonds is 10. The number of aliphatic hydroxyl groups excluding tert-OH is 2. The van der Waals surface area contributed by atoms with Gasteiger partial charge in [-0.1, -0.05) is 37.6 Å². The monoisotopic (exact) mass is 477 g/mol. The van der Waals surface area contributed by atoms with Crippen LogP contribution in [0.5, 0.6) is 11.5 Å². The van der Waals surface area contributed by atoms with Crippen LogP contribution in [0.2, 0.25) is 5.02 Å².